The van der Waals surface area contributed by atoms with Gasteiger partial charge in [-0.25, -0.2) is 9.97 Å². The van der Waals surface area contributed by atoms with Crippen LogP contribution in [0.2, 0.25) is 0 Å². The molecule has 0 fully saturated rings. The molecular weight excluding hydrogens is 400 g/mol. The molecule has 6 nitrogen and oxygen atoms in total. The Morgan fingerprint density at radius 2 is 1.74 bits per heavy atom. The van der Waals surface area contributed by atoms with E-state index < -0.39 is 0 Å². The highest BCUT2D eigenvalue weighted by Gasteiger charge is 2.13. The zero-order chi connectivity index (χ0) is 18.6. The van der Waals surface area contributed by atoms with Gasteiger partial charge in [0.2, 0.25) is 0 Å². The first-order valence-electron chi connectivity index (χ1n) is 7.81. The van der Waals surface area contributed by atoms with Crippen LogP contribution in [0.1, 0.15) is 20.8 Å². The molecule has 0 aliphatic rings. The highest BCUT2D eigenvalue weighted by atomic mass is 32.1. The predicted molar refractivity (Wildman–Crippen MR) is 110 cm³/mol. The molecule has 4 aromatic rings. The average molecular weight is 413 g/mol. The van der Waals surface area contributed by atoms with E-state index in [1.54, 1.807) is 52.6 Å². The molecule has 0 spiro atoms. The molecule has 3 aromatic heterocycles. The topological polar surface area (TPSA) is 84.0 Å². The van der Waals surface area contributed by atoms with E-state index in [4.69, 9.17) is 0 Å². The van der Waals surface area contributed by atoms with Crippen LogP contribution in [0, 0.1) is 0 Å². The van der Waals surface area contributed by atoms with E-state index in [1.165, 1.54) is 22.7 Å². The quantitative estimate of drug-likeness (QED) is 0.492. The van der Waals surface area contributed by atoms with Gasteiger partial charge in [0.25, 0.3) is 11.8 Å². The molecule has 0 bridgehead atoms. The third-order valence-corrected chi connectivity index (χ3v) is 6.10. The van der Waals surface area contributed by atoms with Crippen molar-refractivity contribution in [3.05, 3.63) is 70.0 Å². The van der Waals surface area contributed by atoms with E-state index in [2.05, 4.69) is 20.6 Å². The van der Waals surface area contributed by atoms with Crippen LogP contribution in [0.5, 0.6) is 0 Å². The summed E-state index contributed by atoms with van der Waals surface area (Å²) in [6.45, 7) is 0. The molecular formula is C18H12N4O2S3. The lowest BCUT2D eigenvalue weighted by Gasteiger charge is -2.05. The molecule has 2 amide bonds. The van der Waals surface area contributed by atoms with Gasteiger partial charge >= 0.3 is 0 Å². The maximum absolute atomic E-state index is 12.4. The first-order chi connectivity index (χ1) is 13.2. The third-order valence-electron chi connectivity index (χ3n) is 3.53. The Labute approximate surface area is 166 Å². The summed E-state index contributed by atoms with van der Waals surface area (Å²) >= 11 is 4.37. The molecule has 0 saturated carbocycles. The van der Waals surface area contributed by atoms with Crippen molar-refractivity contribution in [1.29, 1.82) is 0 Å². The number of carbonyl (C=O) groups is 2. The second kappa shape index (κ2) is 7.78. The summed E-state index contributed by atoms with van der Waals surface area (Å²) in [6.07, 6.45) is 1.63. The van der Waals surface area contributed by atoms with E-state index in [1.807, 2.05) is 17.5 Å². The average Bonchev–Trinajstić information content (AvgIpc) is 3.43. The number of amides is 2. The van der Waals surface area contributed by atoms with Gasteiger partial charge in [-0.2, -0.15) is 0 Å². The van der Waals surface area contributed by atoms with Crippen LogP contribution in [0.3, 0.4) is 0 Å². The molecule has 0 unspecified atom stereocenters. The second-order valence-corrected chi connectivity index (χ2v) is 8.04. The molecule has 134 valence electrons. The fourth-order valence-corrected chi connectivity index (χ4v) is 4.38. The molecule has 27 heavy (non-hydrogen) atoms. The van der Waals surface area contributed by atoms with Crippen molar-refractivity contribution >= 4 is 56.6 Å². The molecule has 9 heteroatoms. The number of aromatic nitrogens is 2. The van der Waals surface area contributed by atoms with Crippen LogP contribution in [0.25, 0.3) is 9.88 Å². The minimum Gasteiger partial charge on any atom is -0.321 e. The van der Waals surface area contributed by atoms with Crippen molar-refractivity contribution in [2.24, 2.45) is 0 Å². The van der Waals surface area contributed by atoms with Gasteiger partial charge in [-0.15, -0.1) is 34.0 Å². The van der Waals surface area contributed by atoms with Gasteiger partial charge in [0.05, 0.1) is 4.88 Å². The summed E-state index contributed by atoms with van der Waals surface area (Å²) in [4.78, 5) is 34.0. The van der Waals surface area contributed by atoms with E-state index in [-0.39, 0.29) is 11.8 Å². The largest absolute Gasteiger partial charge is 0.321 e. The lowest BCUT2D eigenvalue weighted by molar-refractivity contribution is 0.101. The highest BCUT2D eigenvalue weighted by Crippen LogP contribution is 2.28. The monoisotopic (exact) mass is 412 g/mol. The number of benzene rings is 1. The second-order valence-electron chi connectivity index (χ2n) is 5.34. The summed E-state index contributed by atoms with van der Waals surface area (Å²) in [7, 11) is 0. The Bertz CT molecular complexity index is 1050. The molecule has 1 aromatic carbocycles. The van der Waals surface area contributed by atoms with E-state index >= 15 is 0 Å². The van der Waals surface area contributed by atoms with Crippen LogP contribution in [0.4, 0.5) is 10.8 Å². The van der Waals surface area contributed by atoms with Crippen molar-refractivity contribution in [1.82, 2.24) is 9.97 Å². The smallest absolute Gasteiger partial charge is 0.275 e. The number of thiophene rings is 1. The zero-order valence-corrected chi connectivity index (χ0v) is 16.2. The van der Waals surface area contributed by atoms with E-state index in [0.717, 1.165) is 9.88 Å². The Kier molecular flexibility index (Phi) is 5.05. The summed E-state index contributed by atoms with van der Waals surface area (Å²) < 4.78 is 0. The summed E-state index contributed by atoms with van der Waals surface area (Å²) in [5, 5.41) is 12.4. The van der Waals surface area contributed by atoms with Crippen LogP contribution in [-0.4, -0.2) is 21.8 Å². The SMILES string of the molecule is O=C(Nc1nccs1)c1ccc(NC(=O)c2csc(-c3cccs3)n2)cc1. The fourth-order valence-electron chi connectivity index (χ4n) is 2.25. The third kappa shape index (κ3) is 4.11. The van der Waals surface area contributed by atoms with Crippen LogP contribution in [0.15, 0.2) is 58.7 Å². The Morgan fingerprint density at radius 1 is 0.889 bits per heavy atom. The Hall–Kier alpha value is -2.88. The minimum atomic E-state index is -0.283. The van der Waals surface area contributed by atoms with Crippen LogP contribution in [-0.2, 0) is 0 Å². The summed E-state index contributed by atoms with van der Waals surface area (Å²) in [5.41, 5.74) is 1.45. The first-order valence-corrected chi connectivity index (χ1v) is 10.4. The van der Waals surface area contributed by atoms with Gasteiger partial charge < -0.3 is 5.32 Å². The van der Waals surface area contributed by atoms with Crippen molar-refractivity contribution in [2.45, 2.75) is 0 Å². The normalized spacial score (nSPS) is 10.5. The molecule has 2 N–H and O–H groups in total. The van der Waals surface area contributed by atoms with E-state index in [9.17, 15) is 9.59 Å². The van der Waals surface area contributed by atoms with Gasteiger partial charge in [0.15, 0.2) is 5.13 Å². The van der Waals surface area contributed by atoms with Crippen LogP contribution >= 0.6 is 34.0 Å². The molecule has 3 heterocycles. The van der Waals surface area contributed by atoms with E-state index in [0.29, 0.717) is 22.1 Å². The molecule has 4 rings (SSSR count). The standard InChI is InChI=1S/C18H12N4O2S3/c23-15(22-18-19-7-9-26-18)11-3-5-12(6-4-11)20-16(24)13-10-27-17(21-13)14-2-1-8-25-14/h1-10H,(H,20,24)(H,19,22,23). The van der Waals surface area contributed by atoms with Crippen molar-refractivity contribution in [3.8, 4) is 9.88 Å². The van der Waals surface area contributed by atoms with Crippen molar-refractivity contribution in [2.75, 3.05) is 10.6 Å². The van der Waals surface area contributed by atoms with Gasteiger partial charge in [0, 0.05) is 28.2 Å². The molecule has 0 aliphatic heterocycles. The molecule has 0 aliphatic carbocycles. The summed E-state index contributed by atoms with van der Waals surface area (Å²) in [5.74, 6) is -0.531. The van der Waals surface area contributed by atoms with Crippen molar-refractivity contribution in [3.63, 3.8) is 0 Å². The minimum absolute atomic E-state index is 0.247. The number of hydrogen-bond acceptors (Lipinski definition) is 7. The van der Waals surface area contributed by atoms with Crippen molar-refractivity contribution < 1.29 is 9.59 Å². The molecule has 0 saturated heterocycles. The Morgan fingerprint density at radius 3 is 2.44 bits per heavy atom. The number of carbonyl (C=O) groups excluding carboxylic acids is 2. The van der Waals surface area contributed by atoms with Gasteiger partial charge in [-0.3, -0.25) is 14.9 Å². The highest BCUT2D eigenvalue weighted by molar-refractivity contribution is 7.20. The maximum Gasteiger partial charge on any atom is 0.275 e. The number of nitrogens with one attached hydrogen (secondary N) is 2. The predicted octanol–water partition coefficient (Wildman–Crippen LogP) is 4.83. The number of hydrogen-bond donors (Lipinski definition) is 2. The van der Waals surface area contributed by atoms with Crippen LogP contribution < -0.4 is 10.6 Å². The lowest BCUT2D eigenvalue weighted by Crippen LogP contribution is -2.14. The maximum atomic E-state index is 12.4. The first kappa shape index (κ1) is 17.5. The zero-order valence-electron chi connectivity index (χ0n) is 13.7. The number of nitrogens with zero attached hydrogens (tertiary/aromatic N) is 2. The van der Waals surface area contributed by atoms with Gasteiger partial charge in [-0.1, -0.05) is 6.07 Å². The van der Waals surface area contributed by atoms with Gasteiger partial charge in [-0.05, 0) is 35.7 Å². The lowest BCUT2D eigenvalue weighted by atomic mass is 10.2. The Balaban J connectivity index is 1.41. The molecule has 0 atom stereocenters. The fraction of sp³-hybridized carbons (Fsp3) is 0. The van der Waals surface area contributed by atoms with Gasteiger partial charge in [0.1, 0.15) is 10.7 Å². The number of anilines is 2. The number of thiazole rings is 2. The molecule has 0 radical (unpaired) electrons. The number of rotatable bonds is 5. The summed E-state index contributed by atoms with van der Waals surface area (Å²) in [6, 6.07) is 10.6.